The van der Waals surface area contributed by atoms with Crippen molar-refractivity contribution in [2.24, 2.45) is 0 Å². The fourth-order valence-corrected chi connectivity index (χ4v) is 10.7. The van der Waals surface area contributed by atoms with Gasteiger partial charge in [0.2, 0.25) is 5.91 Å². The molecule has 0 aliphatic carbocycles. The van der Waals surface area contributed by atoms with Crippen LogP contribution in [-0.4, -0.2) is 93.1 Å². The lowest BCUT2D eigenvalue weighted by Gasteiger charge is -2.29. The highest BCUT2D eigenvalue weighted by Crippen LogP contribution is 2.22. The summed E-state index contributed by atoms with van der Waals surface area (Å²) in [6, 6.07) is 0. The number of carbonyl (C=O) groups excluding carboxylic acids is 2. The van der Waals surface area contributed by atoms with Gasteiger partial charge in [0.05, 0.1) is 54.4 Å². The second-order valence-corrected chi connectivity index (χ2v) is 22.9. The molecule has 7 heteroatoms. The number of unbranched alkanes of at least 4 members (excludes halogenated alkanes) is 30. The van der Waals surface area contributed by atoms with Crippen molar-refractivity contribution < 1.29 is 18.6 Å². The molecule has 0 atom stereocenters. The highest BCUT2D eigenvalue weighted by molar-refractivity contribution is 8.76. The molecule has 60 heavy (non-hydrogen) atoms. The first kappa shape index (κ1) is 59.8. The summed E-state index contributed by atoms with van der Waals surface area (Å²) in [4.78, 5) is 24.9. The average Bonchev–Trinajstić information content (AvgIpc) is 3.21. The number of nitrogens with zero attached hydrogens (tertiary/aromatic N) is 2. The Morgan fingerprint density at radius 3 is 1.00 bits per heavy atom. The third-order valence-electron chi connectivity index (χ3n) is 12.9. The molecular formula is C53H109N3O2S2+2. The van der Waals surface area contributed by atoms with E-state index in [1.54, 1.807) is 0 Å². The Morgan fingerprint density at radius 2 is 0.633 bits per heavy atom. The number of hydrogen-bond acceptors (Lipinski definition) is 4. The molecule has 0 fully saturated rings. The first-order chi connectivity index (χ1) is 29.1. The molecule has 0 unspecified atom stereocenters. The predicted octanol–water partition coefficient (Wildman–Crippen LogP) is 16.1. The van der Waals surface area contributed by atoms with E-state index in [0.29, 0.717) is 18.6 Å². The van der Waals surface area contributed by atoms with Gasteiger partial charge in [0.25, 0.3) is 0 Å². The van der Waals surface area contributed by atoms with Crippen LogP contribution in [0.25, 0.3) is 0 Å². The van der Waals surface area contributed by atoms with Gasteiger partial charge in [0, 0.05) is 50.2 Å². The third-order valence-corrected chi connectivity index (χ3v) is 15.4. The Hall–Kier alpha value is -0.240. The van der Waals surface area contributed by atoms with Crippen molar-refractivity contribution >= 4 is 33.3 Å². The summed E-state index contributed by atoms with van der Waals surface area (Å²) in [6.45, 7) is 9.97. The van der Waals surface area contributed by atoms with Crippen molar-refractivity contribution in [2.75, 3.05) is 72.4 Å². The second kappa shape index (κ2) is 45.3. The van der Waals surface area contributed by atoms with Crippen molar-refractivity contribution in [3.05, 3.63) is 0 Å². The maximum atomic E-state index is 12.5. The summed E-state index contributed by atoms with van der Waals surface area (Å²) in [5.41, 5.74) is 0. The van der Waals surface area contributed by atoms with Crippen molar-refractivity contribution in [1.82, 2.24) is 5.32 Å². The number of Topliss-reactive ketones (excluding diaryl/α,β-unsaturated/α-hetero) is 1. The number of ketones is 1. The summed E-state index contributed by atoms with van der Waals surface area (Å²) < 4.78 is 2.07. The first-order valence-electron chi connectivity index (χ1n) is 26.8. The average molecular weight is 885 g/mol. The number of hydrogen-bond donors (Lipinski definition) is 1. The summed E-state index contributed by atoms with van der Waals surface area (Å²) in [7, 11) is 13.0. The highest BCUT2D eigenvalue weighted by Gasteiger charge is 2.16. The number of rotatable bonds is 50. The standard InChI is InChI=1S/C53H108N3O2S2/c1-7-9-11-13-15-17-19-21-23-25-27-29-31-33-35-37-46-55(3,4)48-39-42-52(57)43-41-50-59-60-51-45-54-53(58)44-40-49-56(5,6)47-38-36-34-32-30-28-26-24-22-20-18-16-14-12-10-8-2/h7-51H2,1-6H3/q+1/p+1. The Balaban J connectivity index is 3.54. The normalized spacial score (nSPS) is 12.1. The predicted molar refractivity (Wildman–Crippen MR) is 273 cm³/mol. The van der Waals surface area contributed by atoms with Gasteiger partial charge in [0.1, 0.15) is 5.78 Å². The molecule has 0 radical (unpaired) electrons. The van der Waals surface area contributed by atoms with Gasteiger partial charge in [-0.25, -0.2) is 0 Å². The molecule has 1 N–H and O–H groups in total. The van der Waals surface area contributed by atoms with Crippen LogP contribution in [0.5, 0.6) is 0 Å². The molecule has 0 bridgehead atoms. The number of amides is 1. The summed E-state index contributed by atoms with van der Waals surface area (Å²) >= 11 is 0. The molecule has 0 aromatic rings. The van der Waals surface area contributed by atoms with Gasteiger partial charge in [-0.2, -0.15) is 0 Å². The maximum absolute atomic E-state index is 12.5. The lowest BCUT2D eigenvalue weighted by Crippen LogP contribution is -2.41. The van der Waals surface area contributed by atoms with E-state index in [1.807, 2.05) is 21.6 Å². The third kappa shape index (κ3) is 47.2. The molecule has 0 heterocycles. The topological polar surface area (TPSA) is 46.2 Å². The van der Waals surface area contributed by atoms with Gasteiger partial charge in [-0.1, -0.05) is 215 Å². The molecule has 0 aromatic carbocycles. The van der Waals surface area contributed by atoms with E-state index in [0.717, 1.165) is 65.8 Å². The fraction of sp³-hybridized carbons (Fsp3) is 0.962. The Kier molecular flexibility index (Phi) is 45.2. The highest BCUT2D eigenvalue weighted by atomic mass is 33.1. The van der Waals surface area contributed by atoms with Crippen LogP contribution in [0.15, 0.2) is 0 Å². The molecule has 358 valence electrons. The molecule has 0 aromatic heterocycles. The lowest BCUT2D eigenvalue weighted by molar-refractivity contribution is -0.890. The van der Waals surface area contributed by atoms with Crippen molar-refractivity contribution in [3.63, 3.8) is 0 Å². The van der Waals surface area contributed by atoms with Crippen LogP contribution in [0.3, 0.4) is 0 Å². The van der Waals surface area contributed by atoms with Gasteiger partial charge in [-0.3, -0.25) is 9.59 Å². The van der Waals surface area contributed by atoms with Gasteiger partial charge >= 0.3 is 0 Å². The summed E-state index contributed by atoms with van der Waals surface area (Å²) in [5.74, 6) is 2.57. The molecule has 5 nitrogen and oxygen atoms in total. The monoisotopic (exact) mass is 884 g/mol. The van der Waals surface area contributed by atoms with E-state index in [2.05, 4.69) is 47.4 Å². The summed E-state index contributed by atoms with van der Waals surface area (Å²) in [5, 5.41) is 3.12. The maximum Gasteiger partial charge on any atom is 0.220 e. The lowest BCUT2D eigenvalue weighted by atomic mass is 10.0. The van der Waals surface area contributed by atoms with Crippen molar-refractivity contribution in [2.45, 2.75) is 258 Å². The van der Waals surface area contributed by atoms with E-state index < -0.39 is 0 Å². The SMILES string of the molecule is CCCCCCCCCCCCCCCCCC[N+](C)(C)CCCC(=O)CCCSSCCNC(=O)CCC[N+](C)(C)CCCCCCCCCCCCCCCCCC. The van der Waals surface area contributed by atoms with Crippen LogP contribution >= 0.6 is 21.6 Å². The number of carbonyl (C=O) groups is 2. The minimum atomic E-state index is 0.195. The van der Waals surface area contributed by atoms with Crippen molar-refractivity contribution in [3.8, 4) is 0 Å². The van der Waals surface area contributed by atoms with Gasteiger partial charge in [-0.05, 0) is 32.1 Å². The zero-order chi connectivity index (χ0) is 44.1. The van der Waals surface area contributed by atoms with Crippen LogP contribution in [0.2, 0.25) is 0 Å². The van der Waals surface area contributed by atoms with Crippen LogP contribution in [0.1, 0.15) is 258 Å². The number of nitrogens with one attached hydrogen (secondary N) is 1. The summed E-state index contributed by atoms with van der Waals surface area (Å²) in [6.07, 6.45) is 50.4. The minimum Gasteiger partial charge on any atom is -0.355 e. The Labute approximate surface area is 385 Å². The quantitative estimate of drug-likeness (QED) is 0.0376. The van der Waals surface area contributed by atoms with Gasteiger partial charge < -0.3 is 14.3 Å². The second-order valence-electron chi connectivity index (χ2n) is 20.2. The molecule has 0 aliphatic rings. The Morgan fingerprint density at radius 1 is 0.350 bits per heavy atom. The van der Waals surface area contributed by atoms with Crippen LogP contribution in [0.4, 0.5) is 0 Å². The van der Waals surface area contributed by atoms with E-state index in [-0.39, 0.29) is 5.91 Å². The molecule has 0 saturated heterocycles. The smallest absolute Gasteiger partial charge is 0.220 e. The van der Waals surface area contributed by atoms with E-state index in [9.17, 15) is 9.59 Å². The first-order valence-corrected chi connectivity index (χ1v) is 29.3. The largest absolute Gasteiger partial charge is 0.355 e. The Bertz CT molecular complexity index is 843. The molecule has 0 rings (SSSR count). The minimum absolute atomic E-state index is 0.195. The van der Waals surface area contributed by atoms with E-state index in [1.165, 1.54) is 219 Å². The molecule has 1 amide bonds. The zero-order valence-electron chi connectivity index (χ0n) is 41.8. The molecule has 0 aliphatic heterocycles. The van der Waals surface area contributed by atoms with Crippen molar-refractivity contribution in [1.29, 1.82) is 0 Å². The molecule has 0 spiro atoms. The zero-order valence-corrected chi connectivity index (χ0v) is 43.5. The van der Waals surface area contributed by atoms with Gasteiger partial charge in [-0.15, -0.1) is 0 Å². The van der Waals surface area contributed by atoms with Crippen LogP contribution in [0, 0.1) is 0 Å². The van der Waals surface area contributed by atoms with E-state index in [4.69, 9.17) is 0 Å². The molecular weight excluding hydrogens is 775 g/mol. The number of quaternary nitrogens is 2. The van der Waals surface area contributed by atoms with Gasteiger partial charge in [0.15, 0.2) is 0 Å². The van der Waals surface area contributed by atoms with Crippen LogP contribution < -0.4 is 5.32 Å². The molecule has 0 saturated carbocycles. The van der Waals surface area contributed by atoms with Crippen LogP contribution in [-0.2, 0) is 9.59 Å². The fourth-order valence-electron chi connectivity index (χ4n) is 8.66. The van der Waals surface area contributed by atoms with E-state index >= 15 is 0 Å².